The van der Waals surface area contributed by atoms with Crippen LogP contribution in [0.3, 0.4) is 0 Å². The summed E-state index contributed by atoms with van der Waals surface area (Å²) in [4.78, 5) is 26.4. The quantitative estimate of drug-likeness (QED) is 0.773. The van der Waals surface area contributed by atoms with Gasteiger partial charge in [-0.2, -0.15) is 4.98 Å². The van der Waals surface area contributed by atoms with Crippen molar-refractivity contribution < 1.29 is 0 Å². The summed E-state index contributed by atoms with van der Waals surface area (Å²) in [6.45, 7) is 4.93. The Kier molecular flexibility index (Phi) is 3.91. The number of benzene rings is 1. The standard InChI is InChI=1S/C18H20BrN5O/c1-9-3-12(19)4-10(2)15(9)21-7-14-16(20)22-18(23-17(14)25)24-8-11-5-13(24)6-11/h3-4,7,11,13H,5-6,8H2,1-2H3,(H3,20,22,23,25). The summed E-state index contributed by atoms with van der Waals surface area (Å²) in [6, 6.07) is 4.49. The lowest BCUT2D eigenvalue weighted by atomic mass is 9.86. The molecule has 25 heavy (non-hydrogen) atoms. The lowest BCUT2D eigenvalue weighted by Crippen LogP contribution is -2.32. The van der Waals surface area contributed by atoms with Crippen LogP contribution in [0.15, 0.2) is 26.4 Å². The molecule has 1 saturated carbocycles. The molecule has 3 N–H and O–H groups in total. The first-order chi connectivity index (χ1) is 11.9. The number of aliphatic imine (C=N–C) groups is 1. The number of aryl methyl sites for hydroxylation is 2. The number of halogens is 1. The van der Waals surface area contributed by atoms with Gasteiger partial charge in [-0.1, -0.05) is 15.9 Å². The Balaban J connectivity index is 1.66. The van der Waals surface area contributed by atoms with Crippen LogP contribution in [0.25, 0.3) is 0 Å². The third-order valence-electron chi connectivity index (χ3n) is 5.13. The second-order valence-electron chi connectivity index (χ2n) is 6.98. The van der Waals surface area contributed by atoms with E-state index in [9.17, 15) is 4.79 Å². The number of anilines is 2. The maximum Gasteiger partial charge on any atom is 0.263 e. The molecule has 0 unspecified atom stereocenters. The Morgan fingerprint density at radius 3 is 2.60 bits per heavy atom. The average molecular weight is 402 g/mol. The molecule has 0 atom stereocenters. The maximum atomic E-state index is 12.5. The number of hydrogen-bond donors (Lipinski definition) is 2. The van der Waals surface area contributed by atoms with Gasteiger partial charge in [0.05, 0.1) is 5.69 Å². The molecule has 2 saturated heterocycles. The van der Waals surface area contributed by atoms with Crippen molar-refractivity contribution in [3.05, 3.63) is 43.6 Å². The van der Waals surface area contributed by atoms with Gasteiger partial charge in [-0.3, -0.25) is 14.8 Å². The van der Waals surface area contributed by atoms with E-state index in [1.807, 2.05) is 26.0 Å². The zero-order valence-corrected chi connectivity index (χ0v) is 15.8. The molecule has 2 aliphatic heterocycles. The highest BCUT2D eigenvalue weighted by atomic mass is 79.9. The summed E-state index contributed by atoms with van der Waals surface area (Å²) >= 11 is 3.47. The first kappa shape index (κ1) is 16.3. The molecule has 0 radical (unpaired) electrons. The average Bonchev–Trinajstić information content (AvgIpc) is 3.08. The Morgan fingerprint density at radius 1 is 1.36 bits per heavy atom. The van der Waals surface area contributed by atoms with Crippen molar-refractivity contribution in [3.63, 3.8) is 0 Å². The largest absolute Gasteiger partial charge is 0.383 e. The molecule has 130 valence electrons. The molecule has 0 amide bonds. The van der Waals surface area contributed by atoms with Crippen molar-refractivity contribution in [3.8, 4) is 0 Å². The van der Waals surface area contributed by atoms with Gasteiger partial charge in [0.25, 0.3) is 5.56 Å². The Labute approximate surface area is 154 Å². The fourth-order valence-corrected chi connectivity index (χ4v) is 4.46. The first-order valence-corrected chi connectivity index (χ1v) is 9.19. The number of nitrogens with two attached hydrogens (primary N) is 1. The van der Waals surface area contributed by atoms with E-state index in [0.717, 1.165) is 33.7 Å². The van der Waals surface area contributed by atoms with Crippen molar-refractivity contribution in [2.45, 2.75) is 32.7 Å². The smallest absolute Gasteiger partial charge is 0.263 e. The van der Waals surface area contributed by atoms with Crippen LogP contribution in [-0.4, -0.2) is 28.8 Å². The molecule has 1 aliphatic carbocycles. The lowest BCUT2D eigenvalue weighted by molar-refractivity contribution is 0.380. The van der Waals surface area contributed by atoms with Crippen LogP contribution in [0.5, 0.6) is 0 Å². The number of H-pyrrole nitrogens is 1. The molecule has 1 aromatic carbocycles. The van der Waals surface area contributed by atoms with Gasteiger partial charge in [-0.15, -0.1) is 0 Å². The molecule has 5 rings (SSSR count). The fraction of sp³-hybridized carbons (Fsp3) is 0.389. The Bertz CT molecular complexity index is 907. The predicted molar refractivity (Wildman–Crippen MR) is 104 cm³/mol. The van der Waals surface area contributed by atoms with Crippen molar-refractivity contribution in [2.75, 3.05) is 17.2 Å². The fourth-order valence-electron chi connectivity index (χ4n) is 3.77. The zero-order valence-electron chi connectivity index (χ0n) is 14.2. The van der Waals surface area contributed by atoms with Gasteiger partial charge < -0.3 is 10.6 Å². The van der Waals surface area contributed by atoms with E-state index >= 15 is 0 Å². The lowest BCUT2D eigenvalue weighted by Gasteiger charge is -2.26. The van der Waals surface area contributed by atoms with E-state index in [-0.39, 0.29) is 11.4 Å². The molecular weight excluding hydrogens is 382 g/mol. The van der Waals surface area contributed by atoms with Crippen molar-refractivity contribution >= 4 is 39.6 Å². The van der Waals surface area contributed by atoms with Crippen LogP contribution >= 0.6 is 15.9 Å². The predicted octanol–water partition coefficient (Wildman–Crippen LogP) is 3.08. The zero-order chi connectivity index (χ0) is 17.7. The summed E-state index contributed by atoms with van der Waals surface area (Å²) in [7, 11) is 0. The number of nitrogens with one attached hydrogen (secondary N) is 1. The van der Waals surface area contributed by atoms with E-state index in [2.05, 4.69) is 35.8 Å². The summed E-state index contributed by atoms with van der Waals surface area (Å²) in [5.41, 5.74) is 9.01. The van der Waals surface area contributed by atoms with Crippen molar-refractivity contribution in [2.24, 2.45) is 10.9 Å². The topological polar surface area (TPSA) is 87.4 Å². The summed E-state index contributed by atoms with van der Waals surface area (Å²) in [5.74, 6) is 1.54. The highest BCUT2D eigenvalue weighted by Crippen LogP contribution is 2.41. The second kappa shape index (κ2) is 5.98. The number of hydrogen-bond acceptors (Lipinski definition) is 5. The number of aromatic nitrogens is 2. The Morgan fingerprint density at radius 2 is 2.04 bits per heavy atom. The van der Waals surface area contributed by atoms with Gasteiger partial charge in [0.15, 0.2) is 0 Å². The van der Waals surface area contributed by atoms with Gasteiger partial charge in [0.2, 0.25) is 5.95 Å². The first-order valence-electron chi connectivity index (χ1n) is 8.39. The van der Waals surface area contributed by atoms with Crippen LogP contribution in [0.2, 0.25) is 0 Å². The van der Waals surface area contributed by atoms with E-state index in [0.29, 0.717) is 17.6 Å². The molecule has 3 aliphatic rings. The van der Waals surface area contributed by atoms with Crippen LogP contribution < -0.4 is 16.2 Å². The van der Waals surface area contributed by atoms with Crippen LogP contribution in [-0.2, 0) is 0 Å². The van der Waals surface area contributed by atoms with E-state index in [1.54, 1.807) is 0 Å². The number of fused-ring (bicyclic) bond motifs is 1. The molecule has 6 nitrogen and oxygen atoms in total. The third kappa shape index (κ3) is 2.86. The van der Waals surface area contributed by atoms with Crippen LogP contribution in [0.4, 0.5) is 17.5 Å². The molecule has 3 fully saturated rings. The summed E-state index contributed by atoms with van der Waals surface area (Å²) < 4.78 is 1.01. The molecule has 2 bridgehead atoms. The molecule has 0 spiro atoms. The number of aromatic amines is 1. The minimum absolute atomic E-state index is 0.221. The molecular formula is C18H20BrN5O. The monoisotopic (exact) mass is 401 g/mol. The highest BCUT2D eigenvalue weighted by molar-refractivity contribution is 9.10. The highest BCUT2D eigenvalue weighted by Gasteiger charge is 2.43. The number of rotatable bonds is 3. The second-order valence-corrected chi connectivity index (χ2v) is 7.89. The van der Waals surface area contributed by atoms with Gasteiger partial charge >= 0.3 is 0 Å². The van der Waals surface area contributed by atoms with E-state index < -0.39 is 0 Å². The van der Waals surface area contributed by atoms with Gasteiger partial charge in [-0.25, -0.2) is 0 Å². The third-order valence-corrected chi connectivity index (χ3v) is 5.59. The number of nitrogens with zero attached hydrogens (tertiary/aromatic N) is 3. The van der Waals surface area contributed by atoms with Crippen LogP contribution in [0, 0.1) is 19.8 Å². The SMILES string of the molecule is Cc1cc(Br)cc(C)c1N=Cc1c(N)nc(N2CC3CC2C3)[nH]c1=O. The van der Waals surface area contributed by atoms with Gasteiger partial charge in [0.1, 0.15) is 11.4 Å². The number of nitrogen functional groups attached to an aromatic ring is 1. The van der Waals surface area contributed by atoms with Gasteiger partial charge in [0, 0.05) is 23.3 Å². The summed E-state index contributed by atoms with van der Waals surface area (Å²) in [5, 5.41) is 0. The molecule has 3 heterocycles. The molecule has 7 heteroatoms. The normalized spacial score (nSPS) is 21.8. The molecule has 2 aromatic rings. The van der Waals surface area contributed by atoms with Gasteiger partial charge in [-0.05, 0) is 55.9 Å². The minimum atomic E-state index is -0.247. The Hall–Kier alpha value is -2.15. The molecule has 1 aromatic heterocycles. The van der Waals surface area contributed by atoms with E-state index in [4.69, 9.17) is 5.73 Å². The van der Waals surface area contributed by atoms with E-state index in [1.165, 1.54) is 19.1 Å². The minimum Gasteiger partial charge on any atom is -0.383 e. The van der Waals surface area contributed by atoms with Crippen molar-refractivity contribution in [1.82, 2.24) is 9.97 Å². The van der Waals surface area contributed by atoms with Crippen molar-refractivity contribution in [1.29, 1.82) is 0 Å². The van der Waals surface area contributed by atoms with Crippen LogP contribution in [0.1, 0.15) is 29.5 Å². The summed E-state index contributed by atoms with van der Waals surface area (Å²) in [6.07, 6.45) is 3.89. The maximum absolute atomic E-state index is 12.5.